The summed E-state index contributed by atoms with van der Waals surface area (Å²) in [6.07, 6.45) is 3.40. The number of aliphatic imine (C=N–C) groups is 2. The van der Waals surface area contributed by atoms with Gasteiger partial charge in [0, 0.05) is 35.5 Å². The number of aromatic hydroxyl groups is 2. The number of carboxylic acid groups (broad SMARTS) is 2. The van der Waals surface area contributed by atoms with E-state index in [9.17, 15) is 10.2 Å². The second-order valence-electron chi connectivity index (χ2n) is 9.91. The number of carbonyl (C=O) groups excluding carboxylic acids is 2. The molecule has 0 fully saturated rings. The molecule has 0 aliphatic rings. The zero-order valence-electron chi connectivity index (χ0n) is 24.7. The van der Waals surface area contributed by atoms with E-state index in [4.69, 9.17) is 19.8 Å². The number of nitrogens with zero attached hydrogens (tertiary/aromatic N) is 2. The summed E-state index contributed by atoms with van der Waals surface area (Å²) in [5, 5.41) is 38.9. The van der Waals surface area contributed by atoms with Crippen LogP contribution in [0.4, 0.5) is 11.4 Å². The van der Waals surface area contributed by atoms with Crippen molar-refractivity contribution in [2.24, 2.45) is 9.98 Å². The Balaban J connectivity index is 0.00000158. The van der Waals surface area contributed by atoms with Gasteiger partial charge in [-0.3, -0.25) is 9.98 Å². The second-order valence-corrected chi connectivity index (χ2v) is 9.91. The first-order chi connectivity index (χ1) is 18.6. The zero-order chi connectivity index (χ0) is 30.6. The zero-order valence-corrected chi connectivity index (χ0v) is 25.7. The van der Waals surface area contributed by atoms with Gasteiger partial charge in [0.2, 0.25) is 0 Å². The van der Waals surface area contributed by atoms with Gasteiger partial charge >= 0.3 is 16.8 Å². The summed E-state index contributed by atoms with van der Waals surface area (Å²) < 4.78 is 0. The predicted octanol–water partition coefficient (Wildman–Crippen LogP) is 4.97. The van der Waals surface area contributed by atoms with Gasteiger partial charge in [-0.2, -0.15) is 0 Å². The number of benzene rings is 3. The molecule has 0 aromatic heterocycles. The molecule has 0 unspecified atom stereocenters. The van der Waals surface area contributed by atoms with Gasteiger partial charge in [0.25, 0.3) is 0 Å². The minimum atomic E-state index is -1.08. The number of hydrogen-bond donors (Lipinski definition) is 2. The largest absolute Gasteiger partial charge is 2.00 e. The fraction of sp³-hybridized carbons (Fsp3) is 0.312. The van der Waals surface area contributed by atoms with Crippen LogP contribution in [0.2, 0.25) is 0 Å². The topological polar surface area (TPSA) is 145 Å². The summed E-state index contributed by atoms with van der Waals surface area (Å²) in [4.78, 5) is 26.8. The van der Waals surface area contributed by atoms with E-state index >= 15 is 0 Å². The monoisotopic (exact) mass is 605 g/mol. The van der Waals surface area contributed by atoms with Crippen molar-refractivity contribution in [2.75, 3.05) is 0 Å². The fourth-order valence-corrected chi connectivity index (χ4v) is 3.66. The standard InChI is InChI=1S/C28H32N2O2.2C2H4O2.Co/c1-17(2)25-13-19(5)11-21(27(25)31)15-29-23-7-9-24(10-8-23)30-16-22-12-20(6)14-26(18(3)4)28(22)32;2*1-2(3)4;/h7-18,31-32H,1-6H3;2*1H3,(H,3,4);/q;;;+2/p-2. The van der Waals surface area contributed by atoms with E-state index in [0.29, 0.717) is 11.1 Å². The van der Waals surface area contributed by atoms with Gasteiger partial charge in [-0.25, -0.2) is 0 Å². The average Bonchev–Trinajstić information content (AvgIpc) is 2.84. The Hall–Kier alpha value is -3.95. The molecule has 3 aromatic carbocycles. The fourth-order valence-electron chi connectivity index (χ4n) is 3.66. The van der Waals surface area contributed by atoms with Gasteiger partial charge in [-0.1, -0.05) is 39.8 Å². The maximum Gasteiger partial charge on any atom is 2.00 e. The van der Waals surface area contributed by atoms with Crippen molar-refractivity contribution < 1.29 is 46.8 Å². The molecule has 8 nitrogen and oxygen atoms in total. The first-order valence-corrected chi connectivity index (χ1v) is 12.8. The third-order valence-electron chi connectivity index (χ3n) is 5.43. The third kappa shape index (κ3) is 13.3. The summed E-state index contributed by atoms with van der Waals surface area (Å²) in [6.45, 7) is 14.2. The number of hydrogen-bond acceptors (Lipinski definition) is 8. The Labute approximate surface area is 252 Å². The normalized spacial score (nSPS) is 10.6. The molecular formula is C32H38CoN2O6. The molecule has 0 aliphatic heterocycles. The number of rotatable bonds is 6. The number of phenolic OH excluding ortho intramolecular Hbond substituents is 2. The molecule has 9 heteroatoms. The van der Waals surface area contributed by atoms with Crippen LogP contribution in [-0.2, 0) is 26.4 Å². The molecule has 0 aliphatic carbocycles. The smallest absolute Gasteiger partial charge is 0.550 e. The van der Waals surface area contributed by atoms with Crippen LogP contribution < -0.4 is 10.2 Å². The van der Waals surface area contributed by atoms with Crippen molar-refractivity contribution in [3.05, 3.63) is 81.9 Å². The molecule has 41 heavy (non-hydrogen) atoms. The van der Waals surface area contributed by atoms with Crippen molar-refractivity contribution in [2.45, 2.75) is 67.2 Å². The maximum absolute atomic E-state index is 10.5. The Morgan fingerprint density at radius 1 is 0.683 bits per heavy atom. The van der Waals surface area contributed by atoms with Crippen LogP contribution in [0.25, 0.3) is 0 Å². The van der Waals surface area contributed by atoms with Crippen LogP contribution in [0.5, 0.6) is 11.5 Å². The van der Waals surface area contributed by atoms with E-state index < -0.39 is 11.9 Å². The molecule has 0 amide bonds. The molecule has 221 valence electrons. The maximum atomic E-state index is 10.5. The van der Waals surface area contributed by atoms with Gasteiger partial charge < -0.3 is 30.0 Å². The van der Waals surface area contributed by atoms with E-state index in [1.165, 1.54) is 0 Å². The van der Waals surface area contributed by atoms with Gasteiger partial charge in [0.15, 0.2) is 0 Å². The third-order valence-corrected chi connectivity index (χ3v) is 5.43. The van der Waals surface area contributed by atoms with E-state index in [2.05, 4.69) is 37.7 Å². The van der Waals surface area contributed by atoms with E-state index in [1.807, 2.05) is 62.4 Å². The molecule has 1 radical (unpaired) electrons. The SMILES string of the molecule is CC(=O)[O-].CC(=O)[O-].Cc1cc(C=Nc2ccc(N=Cc3cc(C)cc(C(C)C)c3O)cc2)c(O)c(C(C)C)c1.[Co+2]. The first kappa shape index (κ1) is 37.0. The van der Waals surface area contributed by atoms with Gasteiger partial charge in [0.05, 0.1) is 11.4 Å². The van der Waals surface area contributed by atoms with E-state index in [0.717, 1.165) is 47.5 Å². The molecule has 0 atom stereocenters. The molecule has 0 heterocycles. The molecule has 0 saturated heterocycles. The minimum Gasteiger partial charge on any atom is -0.550 e. The Bertz CT molecular complexity index is 1250. The number of phenols is 2. The molecule has 3 aromatic rings. The van der Waals surface area contributed by atoms with Crippen LogP contribution in [0.15, 0.2) is 58.5 Å². The van der Waals surface area contributed by atoms with Crippen LogP contribution >= 0.6 is 0 Å². The number of carbonyl (C=O) groups is 2. The van der Waals surface area contributed by atoms with Gasteiger partial charge in [0.1, 0.15) is 11.5 Å². The summed E-state index contributed by atoms with van der Waals surface area (Å²) in [5.74, 6) is -1.11. The summed E-state index contributed by atoms with van der Waals surface area (Å²) >= 11 is 0. The Kier molecular flexibility index (Phi) is 16.0. The second kappa shape index (κ2) is 17.7. The molecular weight excluding hydrogens is 567 g/mol. The van der Waals surface area contributed by atoms with Crippen molar-refractivity contribution in [1.29, 1.82) is 0 Å². The summed E-state index contributed by atoms with van der Waals surface area (Å²) in [7, 11) is 0. The molecule has 2 N–H and O–H groups in total. The van der Waals surface area contributed by atoms with Crippen molar-refractivity contribution >= 4 is 35.7 Å². The first-order valence-electron chi connectivity index (χ1n) is 12.8. The predicted molar refractivity (Wildman–Crippen MR) is 156 cm³/mol. The van der Waals surface area contributed by atoms with Crippen LogP contribution in [0.3, 0.4) is 0 Å². The van der Waals surface area contributed by atoms with Crippen molar-refractivity contribution in [3.8, 4) is 11.5 Å². The average molecular weight is 606 g/mol. The molecule has 0 saturated carbocycles. The molecule has 0 bridgehead atoms. The van der Waals surface area contributed by atoms with Crippen molar-refractivity contribution in [1.82, 2.24) is 0 Å². The Morgan fingerprint density at radius 3 is 1.20 bits per heavy atom. The van der Waals surface area contributed by atoms with Gasteiger partial charge in [-0.05, 0) is 98.2 Å². The summed E-state index contributed by atoms with van der Waals surface area (Å²) in [6, 6.07) is 15.4. The Morgan fingerprint density at radius 2 is 0.951 bits per heavy atom. The van der Waals surface area contributed by atoms with E-state index in [1.54, 1.807) is 12.4 Å². The van der Waals surface area contributed by atoms with Crippen LogP contribution in [-0.4, -0.2) is 34.6 Å². The minimum absolute atomic E-state index is 0. The molecule has 3 rings (SSSR count). The van der Waals surface area contributed by atoms with Crippen LogP contribution in [0, 0.1) is 13.8 Å². The summed E-state index contributed by atoms with van der Waals surface area (Å²) in [5.41, 5.74) is 7.02. The van der Waals surface area contributed by atoms with Crippen LogP contribution in [0.1, 0.15) is 86.8 Å². The molecule has 0 spiro atoms. The number of carboxylic acids is 2. The quantitative estimate of drug-likeness (QED) is 0.380. The van der Waals surface area contributed by atoms with Gasteiger partial charge in [-0.15, -0.1) is 0 Å². The van der Waals surface area contributed by atoms with E-state index in [-0.39, 0.29) is 40.1 Å². The number of aryl methyl sites for hydroxylation is 2. The van der Waals surface area contributed by atoms with Crippen molar-refractivity contribution in [3.63, 3.8) is 0 Å². The number of aliphatic carboxylic acids is 2.